The van der Waals surface area contributed by atoms with Crippen LogP contribution in [0.1, 0.15) is 25.0 Å². The molecule has 4 nitrogen and oxygen atoms in total. The lowest BCUT2D eigenvalue weighted by atomic mass is 9.97. The second kappa shape index (κ2) is 7.11. The summed E-state index contributed by atoms with van der Waals surface area (Å²) in [5.41, 5.74) is 9.23. The number of aliphatic imine (C=N–C) groups is 1. The lowest BCUT2D eigenvalue weighted by Gasteiger charge is -2.10. The third-order valence-electron chi connectivity index (χ3n) is 3.05. The minimum atomic E-state index is 0.0680. The molecule has 0 bridgehead atoms. The predicted molar refractivity (Wildman–Crippen MR) is 87.9 cm³/mol. The Balaban J connectivity index is 3.55. The minimum Gasteiger partial charge on any atom is -0.506 e. The molecule has 0 amide bonds. The van der Waals surface area contributed by atoms with Gasteiger partial charge in [-0.15, -0.1) is 0 Å². The summed E-state index contributed by atoms with van der Waals surface area (Å²) in [4.78, 5) is 4.20. The summed E-state index contributed by atoms with van der Waals surface area (Å²) in [5, 5.41) is 19.2. The maximum atomic E-state index is 9.73. The highest BCUT2D eigenvalue weighted by Gasteiger charge is 2.12. The number of nitrogens with zero attached hydrogens (tertiary/aromatic N) is 2. The van der Waals surface area contributed by atoms with Gasteiger partial charge in [0.15, 0.2) is 0 Å². The van der Waals surface area contributed by atoms with Crippen LogP contribution in [-0.2, 0) is 0 Å². The van der Waals surface area contributed by atoms with E-state index in [0.29, 0.717) is 16.8 Å². The highest BCUT2D eigenvalue weighted by Crippen LogP contribution is 2.31. The molecular formula is C17H19N3O. The van der Waals surface area contributed by atoms with Gasteiger partial charge in [-0.2, -0.15) is 5.26 Å². The third-order valence-corrected chi connectivity index (χ3v) is 3.05. The monoisotopic (exact) mass is 281 g/mol. The van der Waals surface area contributed by atoms with Gasteiger partial charge in [-0.3, -0.25) is 4.99 Å². The van der Waals surface area contributed by atoms with Crippen LogP contribution in [0.4, 0.5) is 5.69 Å². The van der Waals surface area contributed by atoms with E-state index in [4.69, 9.17) is 5.73 Å². The third kappa shape index (κ3) is 3.61. The van der Waals surface area contributed by atoms with E-state index in [-0.39, 0.29) is 11.4 Å². The summed E-state index contributed by atoms with van der Waals surface area (Å²) >= 11 is 0. The quantitative estimate of drug-likeness (QED) is 0.290. The number of hydrogen-bond acceptors (Lipinski definition) is 4. The molecule has 1 aromatic carbocycles. The first-order valence-electron chi connectivity index (χ1n) is 6.48. The molecule has 0 aliphatic rings. The first-order chi connectivity index (χ1) is 9.96. The van der Waals surface area contributed by atoms with Crippen molar-refractivity contribution in [3.05, 3.63) is 53.3 Å². The Hall–Kier alpha value is -2.80. The minimum absolute atomic E-state index is 0.0680. The Morgan fingerprint density at radius 2 is 2.14 bits per heavy atom. The van der Waals surface area contributed by atoms with Crippen LogP contribution in [0.5, 0.6) is 5.75 Å². The Labute approximate surface area is 125 Å². The Kier molecular flexibility index (Phi) is 5.50. The zero-order chi connectivity index (χ0) is 16.0. The van der Waals surface area contributed by atoms with Gasteiger partial charge < -0.3 is 10.8 Å². The number of nitrogens with two attached hydrogens (primary N) is 1. The molecule has 108 valence electrons. The Bertz CT molecular complexity index is 665. The highest BCUT2D eigenvalue weighted by atomic mass is 16.3. The summed E-state index contributed by atoms with van der Waals surface area (Å²) in [6.07, 6.45) is 4.89. The van der Waals surface area contributed by atoms with Crippen LogP contribution < -0.4 is 5.73 Å². The van der Waals surface area contributed by atoms with Gasteiger partial charge in [0.25, 0.3) is 0 Å². The zero-order valence-electron chi connectivity index (χ0n) is 12.5. The van der Waals surface area contributed by atoms with Crippen LogP contribution in [-0.4, -0.2) is 11.3 Å². The van der Waals surface area contributed by atoms with Crippen LogP contribution in [0.3, 0.4) is 0 Å². The largest absolute Gasteiger partial charge is 0.506 e. The van der Waals surface area contributed by atoms with E-state index in [1.54, 1.807) is 44.3 Å². The Morgan fingerprint density at radius 1 is 1.48 bits per heavy atom. The second-order valence-electron chi connectivity index (χ2n) is 4.52. The number of nitriles is 1. The molecule has 21 heavy (non-hydrogen) atoms. The van der Waals surface area contributed by atoms with Crippen molar-refractivity contribution in [2.75, 3.05) is 5.73 Å². The molecule has 0 aromatic heterocycles. The van der Waals surface area contributed by atoms with Gasteiger partial charge in [0, 0.05) is 6.21 Å². The number of nitrogen functional groups attached to an aromatic ring is 1. The lowest BCUT2D eigenvalue weighted by molar-refractivity contribution is 0.474. The molecule has 1 aromatic rings. The first-order valence-corrected chi connectivity index (χ1v) is 6.48. The summed E-state index contributed by atoms with van der Waals surface area (Å²) in [6, 6.07) is 5.61. The molecular weight excluding hydrogens is 262 g/mol. The number of aromatic hydroxyl groups is 1. The smallest absolute Gasteiger partial charge is 0.141 e. The topological polar surface area (TPSA) is 82.4 Å². The lowest BCUT2D eigenvalue weighted by Crippen LogP contribution is -1.95. The molecule has 0 saturated carbocycles. The summed E-state index contributed by atoms with van der Waals surface area (Å²) in [6.45, 7) is 9.01. The van der Waals surface area contributed by atoms with Crippen LogP contribution in [0.2, 0.25) is 0 Å². The number of rotatable bonds is 4. The van der Waals surface area contributed by atoms with Gasteiger partial charge in [0.05, 0.1) is 17.0 Å². The van der Waals surface area contributed by atoms with Crippen molar-refractivity contribution in [1.29, 1.82) is 5.26 Å². The van der Waals surface area contributed by atoms with Gasteiger partial charge in [0.1, 0.15) is 11.8 Å². The molecule has 0 atom stereocenters. The first kappa shape index (κ1) is 16.3. The van der Waals surface area contributed by atoms with Crippen molar-refractivity contribution in [2.24, 2.45) is 4.99 Å². The average Bonchev–Trinajstić information content (AvgIpc) is 2.45. The van der Waals surface area contributed by atoms with Crippen LogP contribution in [0.15, 0.2) is 47.1 Å². The number of benzene rings is 1. The molecule has 4 heteroatoms. The number of aryl methyl sites for hydroxylation is 1. The van der Waals surface area contributed by atoms with Crippen molar-refractivity contribution in [3.63, 3.8) is 0 Å². The average molecular weight is 281 g/mol. The van der Waals surface area contributed by atoms with E-state index >= 15 is 0 Å². The second-order valence-corrected chi connectivity index (χ2v) is 4.52. The SMILES string of the molecule is C=C/C=C(\N=C/C)C(/C#N)=C(\C)c1cc(C)c(O)c(N)c1. The van der Waals surface area contributed by atoms with Crippen molar-refractivity contribution in [2.45, 2.75) is 20.8 Å². The molecule has 0 aliphatic heterocycles. The molecule has 0 radical (unpaired) electrons. The van der Waals surface area contributed by atoms with Crippen LogP contribution >= 0.6 is 0 Å². The molecule has 0 saturated heterocycles. The van der Waals surface area contributed by atoms with Crippen molar-refractivity contribution >= 4 is 17.5 Å². The molecule has 0 heterocycles. The van der Waals surface area contributed by atoms with Crippen LogP contribution in [0, 0.1) is 18.3 Å². The van der Waals surface area contributed by atoms with Crippen molar-refractivity contribution in [1.82, 2.24) is 0 Å². The van der Waals surface area contributed by atoms with Crippen molar-refractivity contribution in [3.8, 4) is 11.8 Å². The van der Waals surface area contributed by atoms with Crippen molar-refractivity contribution < 1.29 is 5.11 Å². The fourth-order valence-corrected chi connectivity index (χ4v) is 1.94. The fourth-order valence-electron chi connectivity index (χ4n) is 1.94. The van der Waals surface area contributed by atoms with E-state index in [1.165, 1.54) is 0 Å². The van der Waals surface area contributed by atoms with E-state index in [9.17, 15) is 10.4 Å². The predicted octanol–water partition coefficient (Wildman–Crippen LogP) is 3.74. The molecule has 0 unspecified atom stereocenters. The molecule has 0 aliphatic carbocycles. The summed E-state index contributed by atoms with van der Waals surface area (Å²) in [5.74, 6) is 0.0680. The van der Waals surface area contributed by atoms with Gasteiger partial charge in [0.2, 0.25) is 0 Å². The Morgan fingerprint density at radius 3 is 2.62 bits per heavy atom. The number of hydrogen-bond donors (Lipinski definition) is 2. The van der Waals surface area contributed by atoms with Gasteiger partial charge >= 0.3 is 0 Å². The summed E-state index contributed by atoms with van der Waals surface area (Å²) < 4.78 is 0. The molecule has 0 fully saturated rings. The van der Waals surface area contributed by atoms with Gasteiger partial charge in [-0.25, -0.2) is 0 Å². The number of allylic oxidation sites excluding steroid dienone is 4. The number of phenolic OH excluding ortho intramolecular Hbond substituents is 1. The number of phenols is 1. The van der Waals surface area contributed by atoms with E-state index in [1.807, 2.05) is 6.92 Å². The standard InChI is InChI=1S/C17H19N3O/c1-5-7-16(20-6-2)14(10-18)12(4)13-8-11(3)17(21)15(19)9-13/h5-9,21H,1,19H2,2-4H3/b14-12+,16-7-,20-6-. The van der Waals surface area contributed by atoms with E-state index in [2.05, 4.69) is 17.6 Å². The normalized spacial score (nSPS) is 13.0. The maximum absolute atomic E-state index is 9.73. The van der Waals surface area contributed by atoms with Crippen LogP contribution in [0.25, 0.3) is 5.57 Å². The van der Waals surface area contributed by atoms with Gasteiger partial charge in [-0.1, -0.05) is 12.7 Å². The van der Waals surface area contributed by atoms with Gasteiger partial charge in [-0.05, 0) is 55.7 Å². The highest BCUT2D eigenvalue weighted by molar-refractivity contribution is 5.79. The van der Waals surface area contributed by atoms with E-state index in [0.717, 1.165) is 11.1 Å². The maximum Gasteiger partial charge on any atom is 0.141 e. The molecule has 0 spiro atoms. The zero-order valence-corrected chi connectivity index (χ0v) is 12.5. The van der Waals surface area contributed by atoms with E-state index < -0.39 is 0 Å². The summed E-state index contributed by atoms with van der Waals surface area (Å²) in [7, 11) is 0. The molecule has 1 rings (SSSR count). The fraction of sp³-hybridized carbons (Fsp3) is 0.176. The molecule has 3 N–H and O–H groups in total. The number of anilines is 1.